The molecule has 0 spiro atoms. The molecule has 0 aliphatic heterocycles. The van der Waals surface area contributed by atoms with E-state index in [0.717, 1.165) is 18.9 Å². The first-order valence-electron chi connectivity index (χ1n) is 5.97. The largest absolute Gasteiger partial charge is 0.495 e. The number of aromatic nitrogens is 1. The molecule has 0 atom stereocenters. The number of anilines is 1. The number of hydrogen-bond acceptors (Lipinski definition) is 5. The molecule has 22 heavy (non-hydrogen) atoms. The van der Waals surface area contributed by atoms with Gasteiger partial charge in [0.15, 0.2) is 0 Å². The zero-order chi connectivity index (χ0) is 16.3. The van der Waals surface area contributed by atoms with E-state index in [4.69, 9.17) is 16.3 Å². The maximum Gasteiger partial charge on any atom is 0.420 e. The number of thiazole rings is 1. The second kappa shape index (κ2) is 6.53. The number of alkyl halides is 3. The molecular formula is C13H11ClF3N3OS. The summed E-state index contributed by atoms with van der Waals surface area (Å²) in [7, 11) is 1.14. The summed E-state index contributed by atoms with van der Waals surface area (Å²) < 4.78 is 43.6. The lowest BCUT2D eigenvalue weighted by atomic mass is 10.1. The predicted molar refractivity (Wildman–Crippen MR) is 81.1 cm³/mol. The lowest BCUT2D eigenvalue weighted by Crippen LogP contribution is -2.09. The van der Waals surface area contributed by atoms with Crippen molar-refractivity contribution in [2.24, 2.45) is 5.10 Å². The van der Waals surface area contributed by atoms with Gasteiger partial charge in [-0.05, 0) is 24.6 Å². The molecule has 9 heteroatoms. The number of nitrogens with zero attached hydrogens (tertiary/aromatic N) is 2. The van der Waals surface area contributed by atoms with E-state index in [9.17, 15) is 13.2 Å². The Balaban J connectivity index is 2.26. The lowest BCUT2D eigenvalue weighted by molar-refractivity contribution is -0.138. The number of halogens is 4. The molecule has 4 nitrogen and oxygen atoms in total. The minimum absolute atomic E-state index is 0.135. The van der Waals surface area contributed by atoms with Crippen LogP contribution in [-0.4, -0.2) is 18.3 Å². The van der Waals surface area contributed by atoms with E-state index < -0.39 is 17.5 Å². The lowest BCUT2D eigenvalue weighted by Gasteiger charge is -2.14. The van der Waals surface area contributed by atoms with Gasteiger partial charge in [-0.15, -0.1) is 11.3 Å². The minimum atomic E-state index is -4.57. The van der Waals surface area contributed by atoms with Crippen LogP contribution in [0.4, 0.5) is 18.3 Å². The maximum absolute atomic E-state index is 13.0. The molecule has 1 aromatic carbocycles. The van der Waals surface area contributed by atoms with E-state index in [-0.39, 0.29) is 10.6 Å². The zero-order valence-electron chi connectivity index (χ0n) is 11.5. The maximum atomic E-state index is 13.0. The normalized spacial score (nSPS) is 11.9. The van der Waals surface area contributed by atoms with Gasteiger partial charge < -0.3 is 4.74 Å². The molecular weight excluding hydrogens is 339 g/mol. The first-order chi connectivity index (χ1) is 10.3. The number of nitrogens with one attached hydrogen (secondary N) is 1. The summed E-state index contributed by atoms with van der Waals surface area (Å²) in [5, 5.41) is 6.08. The number of ether oxygens (including phenoxy) is 1. The molecule has 0 amide bonds. The third-order valence-corrected chi connectivity index (χ3v) is 3.71. The molecule has 1 aromatic heterocycles. The Morgan fingerprint density at radius 3 is 2.68 bits per heavy atom. The highest BCUT2D eigenvalue weighted by Gasteiger charge is 2.35. The number of aryl methyl sites for hydroxylation is 1. The van der Waals surface area contributed by atoms with Crippen LogP contribution in [0.3, 0.4) is 0 Å². The van der Waals surface area contributed by atoms with Crippen LogP contribution >= 0.6 is 22.9 Å². The van der Waals surface area contributed by atoms with E-state index in [1.807, 2.05) is 12.3 Å². The molecule has 0 aliphatic carbocycles. The average Bonchev–Trinajstić information content (AvgIpc) is 2.83. The van der Waals surface area contributed by atoms with E-state index in [1.165, 1.54) is 23.6 Å². The Morgan fingerprint density at radius 2 is 2.14 bits per heavy atom. The quantitative estimate of drug-likeness (QED) is 0.649. The second-order valence-electron chi connectivity index (χ2n) is 4.25. The fraction of sp³-hybridized carbons (Fsp3) is 0.231. The fourth-order valence-corrected chi connectivity index (χ4v) is 2.62. The van der Waals surface area contributed by atoms with Gasteiger partial charge in [0, 0.05) is 5.38 Å². The van der Waals surface area contributed by atoms with Crippen LogP contribution in [0.1, 0.15) is 16.8 Å². The van der Waals surface area contributed by atoms with Crippen LogP contribution in [0.25, 0.3) is 0 Å². The standard InChI is InChI=1S/C13H11ClF3N3OS/c1-7-6-22-12(19-7)20-18-5-8-3-9(13(15,16)17)11(21-2)10(14)4-8/h3-6H,1-2H3,(H,19,20). The minimum Gasteiger partial charge on any atom is -0.495 e. The van der Waals surface area contributed by atoms with E-state index in [2.05, 4.69) is 15.5 Å². The van der Waals surface area contributed by atoms with Crippen LogP contribution in [0, 0.1) is 6.92 Å². The summed E-state index contributed by atoms with van der Waals surface area (Å²) in [6.07, 6.45) is -3.34. The summed E-state index contributed by atoms with van der Waals surface area (Å²) in [6, 6.07) is 2.26. The van der Waals surface area contributed by atoms with Gasteiger partial charge in [-0.3, -0.25) is 5.43 Å². The fourth-order valence-electron chi connectivity index (χ4n) is 1.67. The SMILES string of the molecule is COc1c(Cl)cc(C=NNc2nc(C)cs2)cc1C(F)(F)F. The van der Waals surface area contributed by atoms with Gasteiger partial charge in [-0.25, -0.2) is 4.98 Å². The van der Waals surface area contributed by atoms with Crippen molar-refractivity contribution in [2.45, 2.75) is 13.1 Å². The Kier molecular flexibility index (Phi) is 4.92. The predicted octanol–water partition coefficient (Wildman–Crippen LogP) is 4.58. The van der Waals surface area contributed by atoms with Gasteiger partial charge >= 0.3 is 6.18 Å². The third kappa shape index (κ3) is 3.89. The number of methoxy groups -OCH3 is 1. The zero-order valence-corrected chi connectivity index (χ0v) is 13.1. The number of rotatable bonds is 4. The molecule has 1 heterocycles. The molecule has 0 radical (unpaired) electrons. The molecule has 0 fully saturated rings. The van der Waals surface area contributed by atoms with Gasteiger partial charge in [-0.1, -0.05) is 11.6 Å². The first kappa shape index (κ1) is 16.6. The molecule has 2 rings (SSSR count). The molecule has 0 unspecified atom stereocenters. The van der Waals surface area contributed by atoms with Crippen molar-refractivity contribution in [3.05, 3.63) is 39.4 Å². The van der Waals surface area contributed by atoms with Crippen LogP contribution < -0.4 is 10.2 Å². The second-order valence-corrected chi connectivity index (χ2v) is 5.51. The van der Waals surface area contributed by atoms with Gasteiger partial charge in [0.1, 0.15) is 5.75 Å². The van der Waals surface area contributed by atoms with Crippen molar-refractivity contribution in [1.82, 2.24) is 4.98 Å². The average molecular weight is 350 g/mol. The van der Waals surface area contributed by atoms with Gasteiger partial charge in [0.05, 0.1) is 29.6 Å². The van der Waals surface area contributed by atoms with Gasteiger partial charge in [-0.2, -0.15) is 18.3 Å². The molecule has 0 bridgehead atoms. The molecule has 2 aromatic rings. The summed E-state index contributed by atoms with van der Waals surface area (Å²) in [5.41, 5.74) is 2.71. The summed E-state index contributed by atoms with van der Waals surface area (Å²) >= 11 is 7.16. The highest BCUT2D eigenvalue weighted by Crippen LogP contribution is 2.40. The highest BCUT2D eigenvalue weighted by atomic mass is 35.5. The van der Waals surface area contributed by atoms with Crippen LogP contribution in [0.15, 0.2) is 22.6 Å². The summed E-state index contributed by atoms with van der Waals surface area (Å²) in [6.45, 7) is 1.82. The first-order valence-corrected chi connectivity index (χ1v) is 7.23. The van der Waals surface area contributed by atoms with Crippen LogP contribution in [0.5, 0.6) is 5.75 Å². The Hall–Kier alpha value is -1.80. The van der Waals surface area contributed by atoms with Crippen molar-refractivity contribution < 1.29 is 17.9 Å². The van der Waals surface area contributed by atoms with Crippen molar-refractivity contribution in [2.75, 3.05) is 12.5 Å². The number of benzene rings is 1. The monoisotopic (exact) mass is 349 g/mol. The smallest absolute Gasteiger partial charge is 0.420 e. The van der Waals surface area contributed by atoms with Crippen molar-refractivity contribution >= 4 is 34.3 Å². The van der Waals surface area contributed by atoms with E-state index >= 15 is 0 Å². The molecule has 0 saturated heterocycles. The van der Waals surface area contributed by atoms with Crippen LogP contribution in [-0.2, 0) is 6.18 Å². The van der Waals surface area contributed by atoms with E-state index in [0.29, 0.717) is 5.13 Å². The number of hydrazone groups is 1. The molecule has 0 saturated carbocycles. The molecule has 0 aliphatic rings. The van der Waals surface area contributed by atoms with Crippen molar-refractivity contribution in [1.29, 1.82) is 0 Å². The highest BCUT2D eigenvalue weighted by molar-refractivity contribution is 7.13. The molecule has 118 valence electrons. The molecule has 1 N–H and O–H groups in total. The van der Waals surface area contributed by atoms with Crippen molar-refractivity contribution in [3.8, 4) is 5.75 Å². The van der Waals surface area contributed by atoms with Crippen LogP contribution in [0.2, 0.25) is 5.02 Å². The Bertz CT molecular complexity index is 700. The van der Waals surface area contributed by atoms with Gasteiger partial charge in [0.2, 0.25) is 5.13 Å². The topological polar surface area (TPSA) is 46.5 Å². The third-order valence-electron chi connectivity index (χ3n) is 2.57. The van der Waals surface area contributed by atoms with E-state index in [1.54, 1.807) is 0 Å². The van der Waals surface area contributed by atoms with Crippen molar-refractivity contribution in [3.63, 3.8) is 0 Å². The Labute approximate surface area is 133 Å². The Morgan fingerprint density at radius 1 is 1.41 bits per heavy atom. The number of hydrogen-bond donors (Lipinski definition) is 1. The summed E-state index contributed by atoms with van der Waals surface area (Å²) in [4.78, 5) is 4.11. The van der Waals surface area contributed by atoms with Gasteiger partial charge in [0.25, 0.3) is 0 Å². The summed E-state index contributed by atoms with van der Waals surface area (Å²) in [5.74, 6) is -0.408.